The van der Waals surface area contributed by atoms with Gasteiger partial charge in [-0.15, -0.1) is 10.2 Å². The normalized spacial score (nSPS) is 12.9. The van der Waals surface area contributed by atoms with Gasteiger partial charge in [-0.1, -0.05) is 23.9 Å². The number of fused-ring (bicyclic) bond motifs is 1. The Morgan fingerprint density at radius 2 is 2.04 bits per heavy atom. The number of thioether (sulfide) groups is 1. The van der Waals surface area contributed by atoms with Gasteiger partial charge < -0.3 is 0 Å². The minimum absolute atomic E-state index is 0.0437. The van der Waals surface area contributed by atoms with Gasteiger partial charge in [-0.2, -0.15) is 0 Å². The third kappa shape index (κ3) is 2.50. The highest BCUT2D eigenvalue weighted by Crippen LogP contribution is 2.31. The van der Waals surface area contributed by atoms with Crippen molar-refractivity contribution in [1.29, 1.82) is 0 Å². The van der Waals surface area contributed by atoms with Crippen LogP contribution in [0.3, 0.4) is 0 Å². The molecule has 118 valence electrons. The zero-order valence-electron chi connectivity index (χ0n) is 12.2. The maximum atomic E-state index is 11.0. The van der Waals surface area contributed by atoms with Crippen LogP contribution in [0.1, 0.15) is 5.56 Å². The Morgan fingerprint density at radius 1 is 1.17 bits per heavy atom. The van der Waals surface area contributed by atoms with Crippen molar-refractivity contribution < 1.29 is 4.92 Å². The van der Waals surface area contributed by atoms with Crippen LogP contribution in [0.2, 0.25) is 0 Å². The van der Waals surface area contributed by atoms with Crippen molar-refractivity contribution in [2.45, 2.75) is 5.16 Å². The summed E-state index contributed by atoms with van der Waals surface area (Å²) in [5.41, 5.74) is 5.53. The van der Waals surface area contributed by atoms with E-state index in [1.165, 1.54) is 23.9 Å². The van der Waals surface area contributed by atoms with Crippen LogP contribution in [0.15, 0.2) is 59.4 Å². The van der Waals surface area contributed by atoms with Gasteiger partial charge in [-0.25, -0.2) is 4.68 Å². The highest BCUT2D eigenvalue weighted by molar-refractivity contribution is 8.02. The average molecular weight is 338 g/mol. The standard InChI is InChI=1S/C15H10N6O2S/c22-21(23)12-5-1-3-10(7-12)13-9-24-15-18-17-14(20(15)19-13)11-4-2-6-16-8-11/h1-9,19H. The summed E-state index contributed by atoms with van der Waals surface area (Å²) in [5, 5.41) is 21.8. The first-order chi connectivity index (χ1) is 11.7. The number of nitro groups is 1. The summed E-state index contributed by atoms with van der Waals surface area (Å²) in [6.07, 6.45) is 3.39. The Kier molecular flexibility index (Phi) is 3.47. The van der Waals surface area contributed by atoms with Crippen molar-refractivity contribution in [3.05, 3.63) is 69.9 Å². The molecule has 1 N–H and O–H groups in total. The van der Waals surface area contributed by atoms with Crippen LogP contribution < -0.4 is 5.43 Å². The van der Waals surface area contributed by atoms with Crippen molar-refractivity contribution in [2.24, 2.45) is 0 Å². The van der Waals surface area contributed by atoms with Crippen molar-refractivity contribution in [1.82, 2.24) is 19.9 Å². The molecule has 0 spiro atoms. The zero-order chi connectivity index (χ0) is 16.5. The summed E-state index contributed by atoms with van der Waals surface area (Å²) in [5.74, 6) is 0.627. The Balaban J connectivity index is 1.70. The van der Waals surface area contributed by atoms with Crippen molar-refractivity contribution in [2.75, 3.05) is 5.43 Å². The molecule has 0 bridgehead atoms. The molecule has 0 aliphatic carbocycles. The maximum Gasteiger partial charge on any atom is 0.270 e. The van der Waals surface area contributed by atoms with E-state index in [0.29, 0.717) is 16.5 Å². The number of nitrogens with one attached hydrogen (secondary N) is 1. The van der Waals surface area contributed by atoms with Gasteiger partial charge in [0.25, 0.3) is 5.69 Å². The van der Waals surface area contributed by atoms with Crippen molar-refractivity contribution in [3.63, 3.8) is 0 Å². The number of nitrogens with zero attached hydrogens (tertiary/aromatic N) is 5. The molecule has 2 aromatic heterocycles. The Morgan fingerprint density at radius 3 is 2.83 bits per heavy atom. The zero-order valence-corrected chi connectivity index (χ0v) is 13.0. The predicted octanol–water partition coefficient (Wildman–Crippen LogP) is 2.90. The molecule has 4 rings (SSSR count). The minimum atomic E-state index is -0.411. The average Bonchev–Trinajstić information content (AvgIpc) is 3.05. The summed E-state index contributed by atoms with van der Waals surface area (Å²) in [4.78, 5) is 14.6. The van der Waals surface area contributed by atoms with Gasteiger partial charge in [-0.3, -0.25) is 20.5 Å². The molecule has 0 fully saturated rings. The Bertz CT molecular complexity index is 954. The molecular weight excluding hydrogens is 328 g/mol. The minimum Gasteiger partial charge on any atom is -0.289 e. The van der Waals surface area contributed by atoms with E-state index in [2.05, 4.69) is 20.6 Å². The number of non-ortho nitro benzene ring substituents is 1. The molecule has 0 saturated heterocycles. The second-order valence-corrected chi connectivity index (χ2v) is 5.79. The molecule has 1 aliphatic rings. The predicted molar refractivity (Wildman–Crippen MR) is 89.5 cm³/mol. The fourth-order valence-electron chi connectivity index (χ4n) is 2.31. The Labute approximate surface area is 140 Å². The van der Waals surface area contributed by atoms with E-state index in [9.17, 15) is 10.1 Å². The number of rotatable bonds is 3. The van der Waals surface area contributed by atoms with Gasteiger partial charge in [0.15, 0.2) is 5.82 Å². The van der Waals surface area contributed by atoms with E-state index in [0.717, 1.165) is 11.3 Å². The molecule has 0 unspecified atom stereocenters. The molecule has 8 nitrogen and oxygen atoms in total. The first kappa shape index (κ1) is 14.4. The first-order valence-electron chi connectivity index (χ1n) is 6.97. The summed E-state index contributed by atoms with van der Waals surface area (Å²) in [6.45, 7) is 0. The van der Waals surface area contributed by atoms with E-state index < -0.39 is 4.92 Å². The third-order valence-corrected chi connectivity index (χ3v) is 4.26. The second-order valence-electron chi connectivity index (χ2n) is 4.95. The number of pyridine rings is 1. The fraction of sp³-hybridized carbons (Fsp3) is 0. The van der Waals surface area contributed by atoms with E-state index in [1.54, 1.807) is 23.1 Å². The molecule has 1 aliphatic heterocycles. The number of nitro benzene ring substituents is 1. The fourth-order valence-corrected chi connectivity index (χ4v) is 3.04. The monoisotopic (exact) mass is 338 g/mol. The smallest absolute Gasteiger partial charge is 0.270 e. The van der Waals surface area contributed by atoms with Crippen LogP contribution in [-0.2, 0) is 0 Å². The molecule has 0 atom stereocenters. The molecule has 0 radical (unpaired) electrons. The number of hydrogen-bond acceptors (Lipinski definition) is 7. The lowest BCUT2D eigenvalue weighted by Gasteiger charge is -2.18. The summed E-state index contributed by atoms with van der Waals surface area (Å²) in [7, 11) is 0. The molecule has 24 heavy (non-hydrogen) atoms. The molecule has 0 saturated carbocycles. The largest absolute Gasteiger partial charge is 0.289 e. The van der Waals surface area contributed by atoms with Gasteiger partial charge in [0.05, 0.1) is 10.6 Å². The number of aromatic nitrogens is 4. The summed E-state index contributed by atoms with van der Waals surface area (Å²) in [6, 6.07) is 10.2. The van der Waals surface area contributed by atoms with Gasteiger partial charge in [0.1, 0.15) is 0 Å². The van der Waals surface area contributed by atoms with E-state index in [-0.39, 0.29) is 5.69 Å². The summed E-state index contributed by atoms with van der Waals surface area (Å²) >= 11 is 1.40. The molecule has 9 heteroatoms. The van der Waals surface area contributed by atoms with Crippen LogP contribution in [0.4, 0.5) is 5.69 Å². The van der Waals surface area contributed by atoms with Crippen LogP contribution in [0.25, 0.3) is 17.1 Å². The lowest BCUT2D eigenvalue weighted by atomic mass is 10.1. The third-order valence-electron chi connectivity index (χ3n) is 3.44. The van der Waals surface area contributed by atoms with Gasteiger partial charge in [-0.05, 0) is 12.1 Å². The molecule has 1 aromatic carbocycles. The topological polar surface area (TPSA) is 98.8 Å². The van der Waals surface area contributed by atoms with Gasteiger partial charge >= 0.3 is 0 Å². The van der Waals surface area contributed by atoms with E-state index in [4.69, 9.17) is 0 Å². The molecular formula is C15H10N6O2S. The van der Waals surface area contributed by atoms with Crippen LogP contribution >= 0.6 is 11.8 Å². The van der Waals surface area contributed by atoms with Gasteiger partial charge in [0.2, 0.25) is 5.16 Å². The second kappa shape index (κ2) is 5.78. The summed E-state index contributed by atoms with van der Waals surface area (Å²) < 4.78 is 1.75. The van der Waals surface area contributed by atoms with Crippen LogP contribution in [0, 0.1) is 10.1 Å². The lowest BCUT2D eigenvalue weighted by Crippen LogP contribution is -2.18. The molecule has 3 heterocycles. The van der Waals surface area contributed by atoms with Gasteiger partial charge in [0, 0.05) is 41.1 Å². The highest BCUT2D eigenvalue weighted by Gasteiger charge is 2.20. The van der Waals surface area contributed by atoms with Crippen molar-refractivity contribution >= 4 is 23.1 Å². The number of benzene rings is 1. The quantitative estimate of drug-likeness (QED) is 0.579. The Hall–Kier alpha value is -3.20. The van der Waals surface area contributed by atoms with Crippen LogP contribution in [-0.4, -0.2) is 24.8 Å². The highest BCUT2D eigenvalue weighted by atomic mass is 32.2. The SMILES string of the molecule is O=[N+]([O-])c1cccc(C2=CSc3nnc(-c4cccnc4)n3N2)c1. The van der Waals surface area contributed by atoms with E-state index in [1.807, 2.05) is 23.6 Å². The van der Waals surface area contributed by atoms with E-state index >= 15 is 0 Å². The molecule has 3 aromatic rings. The molecule has 0 amide bonds. The lowest BCUT2D eigenvalue weighted by molar-refractivity contribution is -0.384. The van der Waals surface area contributed by atoms with Crippen LogP contribution in [0.5, 0.6) is 0 Å². The maximum absolute atomic E-state index is 11.0. The number of hydrogen-bond donors (Lipinski definition) is 1. The van der Waals surface area contributed by atoms with Crippen molar-refractivity contribution in [3.8, 4) is 11.4 Å². The first-order valence-corrected chi connectivity index (χ1v) is 7.85.